The Balaban J connectivity index is 2.05. The molecule has 1 fully saturated rings. The lowest BCUT2D eigenvalue weighted by molar-refractivity contribution is 0.179. The standard InChI is InChI=1S/C15H20O3/c1-9-12-6-15(17-3)14(16-2)5-10(12)4-11-7-18-8-13(9)11/h5-6,9,11,13H,4,7-8H2,1-3H3/t9-,11-,13+/m0/s1. The van der Waals surface area contributed by atoms with Crippen LogP contribution in [-0.2, 0) is 11.2 Å². The average Bonchev–Trinajstić information content (AvgIpc) is 2.86. The van der Waals surface area contributed by atoms with Crippen LogP contribution in [0, 0.1) is 11.8 Å². The molecule has 3 rings (SSSR count). The van der Waals surface area contributed by atoms with Crippen LogP contribution in [0.5, 0.6) is 11.5 Å². The number of hydrogen-bond donors (Lipinski definition) is 0. The van der Waals surface area contributed by atoms with E-state index in [1.165, 1.54) is 11.1 Å². The van der Waals surface area contributed by atoms with Crippen molar-refractivity contribution >= 4 is 0 Å². The van der Waals surface area contributed by atoms with Crippen molar-refractivity contribution in [2.45, 2.75) is 19.3 Å². The second-order valence-electron chi connectivity index (χ2n) is 5.36. The molecule has 1 aliphatic carbocycles. The monoisotopic (exact) mass is 248 g/mol. The lowest BCUT2D eigenvalue weighted by Crippen LogP contribution is -2.27. The smallest absolute Gasteiger partial charge is 0.161 e. The van der Waals surface area contributed by atoms with Gasteiger partial charge in [0.2, 0.25) is 0 Å². The third-order valence-corrected chi connectivity index (χ3v) is 4.51. The van der Waals surface area contributed by atoms with Gasteiger partial charge in [-0.3, -0.25) is 0 Å². The van der Waals surface area contributed by atoms with E-state index >= 15 is 0 Å². The molecule has 0 bridgehead atoms. The van der Waals surface area contributed by atoms with Gasteiger partial charge in [0.1, 0.15) is 0 Å². The zero-order valence-electron chi connectivity index (χ0n) is 11.2. The van der Waals surface area contributed by atoms with Gasteiger partial charge in [0.05, 0.1) is 27.4 Å². The van der Waals surface area contributed by atoms with Crippen molar-refractivity contribution in [1.29, 1.82) is 0 Å². The summed E-state index contributed by atoms with van der Waals surface area (Å²) in [6.45, 7) is 4.11. The number of rotatable bonds is 2. The molecule has 3 heteroatoms. The van der Waals surface area contributed by atoms with Crippen molar-refractivity contribution in [2.24, 2.45) is 11.8 Å². The van der Waals surface area contributed by atoms with Gasteiger partial charge in [-0.2, -0.15) is 0 Å². The van der Waals surface area contributed by atoms with E-state index in [0.717, 1.165) is 31.1 Å². The SMILES string of the molecule is COc1cc2c(cc1OC)[C@H](C)[C@H]1COC[C@@H]1C2. The predicted octanol–water partition coefficient (Wildman–Crippen LogP) is 2.63. The fourth-order valence-electron chi connectivity index (χ4n) is 3.43. The zero-order valence-corrected chi connectivity index (χ0v) is 11.2. The van der Waals surface area contributed by atoms with Crippen LogP contribution in [-0.4, -0.2) is 27.4 Å². The van der Waals surface area contributed by atoms with Gasteiger partial charge in [0.25, 0.3) is 0 Å². The van der Waals surface area contributed by atoms with Crippen molar-refractivity contribution in [3.05, 3.63) is 23.3 Å². The Morgan fingerprint density at radius 3 is 2.56 bits per heavy atom. The summed E-state index contributed by atoms with van der Waals surface area (Å²) >= 11 is 0. The minimum atomic E-state index is 0.543. The summed E-state index contributed by atoms with van der Waals surface area (Å²) in [5.41, 5.74) is 2.80. The Morgan fingerprint density at radius 1 is 1.11 bits per heavy atom. The molecule has 0 N–H and O–H groups in total. The van der Waals surface area contributed by atoms with E-state index in [1.54, 1.807) is 14.2 Å². The zero-order chi connectivity index (χ0) is 12.7. The van der Waals surface area contributed by atoms with Gasteiger partial charge < -0.3 is 14.2 Å². The maximum atomic E-state index is 5.64. The van der Waals surface area contributed by atoms with Crippen LogP contribution in [0.4, 0.5) is 0 Å². The lowest BCUT2D eigenvalue weighted by atomic mass is 9.71. The van der Waals surface area contributed by atoms with Gasteiger partial charge >= 0.3 is 0 Å². The molecule has 3 atom stereocenters. The molecule has 0 spiro atoms. The fraction of sp³-hybridized carbons (Fsp3) is 0.600. The molecule has 0 radical (unpaired) electrons. The van der Waals surface area contributed by atoms with Crippen LogP contribution >= 0.6 is 0 Å². The summed E-state index contributed by atoms with van der Waals surface area (Å²) in [4.78, 5) is 0. The number of hydrogen-bond acceptors (Lipinski definition) is 3. The maximum absolute atomic E-state index is 5.64. The Bertz CT molecular complexity index is 455. The molecule has 18 heavy (non-hydrogen) atoms. The predicted molar refractivity (Wildman–Crippen MR) is 69.5 cm³/mol. The van der Waals surface area contributed by atoms with Crippen molar-refractivity contribution in [3.63, 3.8) is 0 Å². The molecule has 1 saturated heterocycles. The van der Waals surface area contributed by atoms with E-state index in [9.17, 15) is 0 Å². The molecule has 0 aromatic heterocycles. The highest BCUT2D eigenvalue weighted by molar-refractivity contribution is 5.50. The molecular formula is C15H20O3. The lowest BCUT2D eigenvalue weighted by Gasteiger charge is -2.33. The number of methoxy groups -OCH3 is 2. The molecule has 1 aliphatic heterocycles. The summed E-state index contributed by atoms with van der Waals surface area (Å²) < 4.78 is 16.4. The third kappa shape index (κ3) is 1.69. The van der Waals surface area contributed by atoms with E-state index in [1.807, 2.05) is 0 Å². The van der Waals surface area contributed by atoms with Gasteiger partial charge in [-0.05, 0) is 47.4 Å². The summed E-state index contributed by atoms with van der Waals surface area (Å²) in [5, 5.41) is 0. The topological polar surface area (TPSA) is 27.7 Å². The number of fused-ring (bicyclic) bond motifs is 2. The molecule has 1 heterocycles. The quantitative estimate of drug-likeness (QED) is 0.805. The van der Waals surface area contributed by atoms with E-state index < -0.39 is 0 Å². The van der Waals surface area contributed by atoms with Gasteiger partial charge in [-0.15, -0.1) is 0 Å². The molecular weight excluding hydrogens is 228 g/mol. The molecule has 0 saturated carbocycles. The fourth-order valence-corrected chi connectivity index (χ4v) is 3.43. The van der Waals surface area contributed by atoms with Crippen molar-refractivity contribution in [2.75, 3.05) is 27.4 Å². The molecule has 2 aliphatic rings. The molecule has 0 amide bonds. The Hall–Kier alpha value is -1.22. The van der Waals surface area contributed by atoms with Crippen LogP contribution in [0.1, 0.15) is 24.0 Å². The highest BCUT2D eigenvalue weighted by atomic mass is 16.5. The summed E-state index contributed by atoms with van der Waals surface area (Å²) in [6, 6.07) is 4.28. The minimum Gasteiger partial charge on any atom is -0.493 e. The molecule has 1 aromatic rings. The second kappa shape index (κ2) is 4.47. The molecule has 3 nitrogen and oxygen atoms in total. The third-order valence-electron chi connectivity index (χ3n) is 4.51. The Kier molecular flexibility index (Phi) is 2.94. The highest BCUT2D eigenvalue weighted by Crippen LogP contribution is 2.45. The van der Waals surface area contributed by atoms with Crippen molar-refractivity contribution in [1.82, 2.24) is 0 Å². The first-order valence-corrected chi connectivity index (χ1v) is 6.57. The Labute approximate surface area is 108 Å². The first-order chi connectivity index (χ1) is 8.74. The van der Waals surface area contributed by atoms with E-state index in [2.05, 4.69) is 19.1 Å². The maximum Gasteiger partial charge on any atom is 0.161 e. The Morgan fingerprint density at radius 2 is 1.83 bits per heavy atom. The van der Waals surface area contributed by atoms with E-state index in [0.29, 0.717) is 17.8 Å². The van der Waals surface area contributed by atoms with Crippen LogP contribution in [0.3, 0.4) is 0 Å². The molecule has 1 aromatic carbocycles. The second-order valence-corrected chi connectivity index (χ2v) is 5.36. The van der Waals surface area contributed by atoms with Crippen LogP contribution in [0.15, 0.2) is 12.1 Å². The van der Waals surface area contributed by atoms with Crippen LogP contribution in [0.25, 0.3) is 0 Å². The normalized spacial score (nSPS) is 29.6. The molecule has 98 valence electrons. The summed E-state index contributed by atoms with van der Waals surface area (Å²) in [5.74, 6) is 3.54. The van der Waals surface area contributed by atoms with Gasteiger partial charge in [-0.25, -0.2) is 0 Å². The van der Waals surface area contributed by atoms with E-state index in [4.69, 9.17) is 14.2 Å². The minimum absolute atomic E-state index is 0.543. The average molecular weight is 248 g/mol. The molecule has 0 unspecified atom stereocenters. The number of benzene rings is 1. The van der Waals surface area contributed by atoms with Crippen LogP contribution in [0.2, 0.25) is 0 Å². The highest BCUT2D eigenvalue weighted by Gasteiger charge is 2.38. The summed E-state index contributed by atoms with van der Waals surface area (Å²) in [7, 11) is 3.39. The van der Waals surface area contributed by atoms with E-state index in [-0.39, 0.29) is 0 Å². The van der Waals surface area contributed by atoms with Gasteiger partial charge in [-0.1, -0.05) is 6.92 Å². The number of ether oxygens (including phenoxy) is 3. The largest absolute Gasteiger partial charge is 0.493 e. The van der Waals surface area contributed by atoms with Crippen molar-refractivity contribution < 1.29 is 14.2 Å². The van der Waals surface area contributed by atoms with Crippen molar-refractivity contribution in [3.8, 4) is 11.5 Å². The first-order valence-electron chi connectivity index (χ1n) is 6.57. The summed E-state index contributed by atoms with van der Waals surface area (Å²) in [6.07, 6.45) is 1.10. The van der Waals surface area contributed by atoms with Crippen LogP contribution < -0.4 is 9.47 Å². The van der Waals surface area contributed by atoms with Gasteiger partial charge in [0, 0.05) is 0 Å². The first kappa shape index (κ1) is 11.8. The van der Waals surface area contributed by atoms with Gasteiger partial charge in [0.15, 0.2) is 11.5 Å².